The van der Waals surface area contributed by atoms with Crippen LogP contribution in [-0.2, 0) is 0 Å². The molecule has 1 fully saturated rings. The van der Waals surface area contributed by atoms with Gasteiger partial charge in [0.25, 0.3) is 0 Å². The Hall–Kier alpha value is -3.71. The Morgan fingerprint density at radius 2 is 1.71 bits per heavy atom. The quantitative estimate of drug-likeness (QED) is 0.383. The molecule has 1 aromatic carbocycles. The number of hydrogen-bond donors (Lipinski definition) is 1. The smallest absolute Gasteiger partial charge is 0.174 e. The minimum atomic E-state index is -0.0860. The molecule has 0 bridgehead atoms. The van der Waals surface area contributed by atoms with Crippen LogP contribution >= 0.6 is 12.2 Å². The summed E-state index contributed by atoms with van der Waals surface area (Å²) >= 11 is 5.91. The van der Waals surface area contributed by atoms with Crippen molar-refractivity contribution in [3.05, 3.63) is 101 Å². The van der Waals surface area contributed by atoms with Gasteiger partial charge in [0.15, 0.2) is 5.11 Å². The van der Waals surface area contributed by atoms with Crippen LogP contribution in [0, 0.1) is 20.8 Å². The first-order valence-electron chi connectivity index (χ1n) is 11.7. The Balaban J connectivity index is 1.65. The van der Waals surface area contributed by atoms with E-state index in [0.717, 1.165) is 39.8 Å². The summed E-state index contributed by atoms with van der Waals surface area (Å²) in [4.78, 5) is 13.7. The van der Waals surface area contributed by atoms with Crippen molar-refractivity contribution in [1.82, 2.24) is 19.9 Å². The number of nitrogens with zero attached hydrogens (tertiary/aromatic N) is 5. The van der Waals surface area contributed by atoms with Gasteiger partial charge < -0.3 is 19.7 Å². The Bertz CT molecular complexity index is 1340. The van der Waals surface area contributed by atoms with E-state index in [0.29, 0.717) is 5.11 Å². The molecule has 7 heteroatoms. The van der Waals surface area contributed by atoms with Crippen LogP contribution in [0.5, 0.6) is 0 Å². The summed E-state index contributed by atoms with van der Waals surface area (Å²) in [6, 6.07) is 20.8. The molecule has 1 N–H and O–H groups in total. The van der Waals surface area contributed by atoms with Crippen molar-refractivity contribution >= 4 is 28.7 Å². The summed E-state index contributed by atoms with van der Waals surface area (Å²) in [6.07, 6.45) is 3.75. The van der Waals surface area contributed by atoms with Gasteiger partial charge in [-0.15, -0.1) is 0 Å². The topological polar surface area (TPSA) is 49.2 Å². The van der Waals surface area contributed by atoms with Gasteiger partial charge in [-0.1, -0.05) is 12.1 Å². The average molecular weight is 483 g/mol. The minimum Gasteiger partial charge on any atom is -0.378 e. The molecule has 1 aliphatic heterocycles. The van der Waals surface area contributed by atoms with Crippen LogP contribution in [0.15, 0.2) is 73.1 Å². The van der Waals surface area contributed by atoms with Crippen molar-refractivity contribution in [2.75, 3.05) is 23.9 Å². The fourth-order valence-corrected chi connectivity index (χ4v) is 5.24. The van der Waals surface area contributed by atoms with Crippen molar-refractivity contribution in [2.45, 2.75) is 32.9 Å². The van der Waals surface area contributed by atoms with E-state index in [1.807, 2.05) is 38.6 Å². The van der Waals surface area contributed by atoms with E-state index in [4.69, 9.17) is 17.2 Å². The highest BCUT2D eigenvalue weighted by molar-refractivity contribution is 7.80. The Labute approximate surface area is 212 Å². The molecule has 1 saturated heterocycles. The molecule has 178 valence electrons. The molecule has 0 unspecified atom stereocenters. The molecular weight excluding hydrogens is 452 g/mol. The summed E-state index contributed by atoms with van der Waals surface area (Å²) < 4.78 is 2.22. The highest BCUT2D eigenvalue weighted by atomic mass is 32.1. The maximum absolute atomic E-state index is 5.91. The Morgan fingerprint density at radius 3 is 2.34 bits per heavy atom. The van der Waals surface area contributed by atoms with Crippen molar-refractivity contribution in [1.29, 1.82) is 0 Å². The summed E-state index contributed by atoms with van der Waals surface area (Å²) in [6.45, 7) is 6.35. The third-order valence-corrected chi connectivity index (χ3v) is 6.97. The van der Waals surface area contributed by atoms with Crippen molar-refractivity contribution in [3.63, 3.8) is 0 Å². The normalized spacial score (nSPS) is 17.5. The summed E-state index contributed by atoms with van der Waals surface area (Å²) in [5.74, 6) is 0.918. The lowest BCUT2D eigenvalue weighted by atomic mass is 9.96. The van der Waals surface area contributed by atoms with Crippen molar-refractivity contribution in [2.24, 2.45) is 0 Å². The van der Waals surface area contributed by atoms with Crippen LogP contribution in [0.25, 0.3) is 5.82 Å². The van der Waals surface area contributed by atoms with Crippen LogP contribution in [0.1, 0.15) is 40.3 Å². The molecule has 5 rings (SSSR count). The molecule has 0 spiro atoms. The maximum Gasteiger partial charge on any atom is 0.174 e. The van der Waals surface area contributed by atoms with Gasteiger partial charge in [-0.2, -0.15) is 0 Å². The molecule has 0 radical (unpaired) electrons. The van der Waals surface area contributed by atoms with E-state index in [2.05, 4.69) is 94.0 Å². The third kappa shape index (κ3) is 4.17. The van der Waals surface area contributed by atoms with E-state index < -0.39 is 0 Å². The fraction of sp³-hybridized carbons (Fsp3) is 0.250. The molecule has 1 aliphatic rings. The Morgan fingerprint density at radius 1 is 0.943 bits per heavy atom. The van der Waals surface area contributed by atoms with Gasteiger partial charge in [0.2, 0.25) is 0 Å². The molecule has 4 aromatic rings. The molecule has 4 heterocycles. The number of rotatable bonds is 5. The van der Waals surface area contributed by atoms with Gasteiger partial charge in [-0.05, 0) is 92.6 Å². The molecule has 0 amide bonds. The van der Waals surface area contributed by atoms with Crippen LogP contribution in [0.2, 0.25) is 0 Å². The summed E-state index contributed by atoms with van der Waals surface area (Å²) in [5, 5.41) is 4.26. The number of nitrogens with one attached hydrogen (secondary N) is 1. The molecule has 2 atom stereocenters. The number of aryl methyl sites for hydroxylation is 2. The van der Waals surface area contributed by atoms with Gasteiger partial charge in [0.05, 0.1) is 17.8 Å². The molecular formula is C28H30N6S. The number of anilines is 2. The van der Waals surface area contributed by atoms with Crippen LogP contribution in [0.3, 0.4) is 0 Å². The highest BCUT2D eigenvalue weighted by Crippen LogP contribution is 2.43. The number of aromatic nitrogens is 3. The van der Waals surface area contributed by atoms with E-state index >= 15 is 0 Å². The lowest BCUT2D eigenvalue weighted by molar-refractivity contribution is 0.565. The standard InChI is InChI=1S/C28H30N6S/c1-18-9-14-25(30-17-18)33-19(2)16-23(20(33)3)27-26(24-8-6-7-15-29-24)31-28(35)34(27)22-12-10-21(11-13-22)32(4)5/h6-17,26-27H,1-5H3,(H,31,35)/t26-,27+/m0/s1. The highest BCUT2D eigenvalue weighted by Gasteiger charge is 2.42. The Kier molecular flexibility index (Phi) is 6.03. The zero-order valence-electron chi connectivity index (χ0n) is 20.7. The SMILES string of the molecule is Cc1ccc(-n2c(C)cc([C@@H]3[C@H](c4ccccn4)NC(=S)N3c3ccc(N(C)C)cc3)c2C)nc1. The monoisotopic (exact) mass is 482 g/mol. The summed E-state index contributed by atoms with van der Waals surface area (Å²) in [5.41, 5.74) is 7.78. The maximum atomic E-state index is 5.91. The molecule has 3 aromatic heterocycles. The summed E-state index contributed by atoms with van der Waals surface area (Å²) in [7, 11) is 4.09. The van der Waals surface area contributed by atoms with Crippen LogP contribution in [0.4, 0.5) is 11.4 Å². The van der Waals surface area contributed by atoms with Crippen molar-refractivity contribution in [3.8, 4) is 5.82 Å². The number of hydrogen-bond acceptors (Lipinski definition) is 4. The second-order valence-electron chi connectivity index (χ2n) is 9.26. The first-order chi connectivity index (χ1) is 16.8. The molecule has 0 saturated carbocycles. The van der Waals surface area contributed by atoms with Crippen LogP contribution < -0.4 is 15.1 Å². The second-order valence-corrected chi connectivity index (χ2v) is 9.65. The minimum absolute atomic E-state index is 0.0620. The molecule has 0 aliphatic carbocycles. The number of benzene rings is 1. The largest absolute Gasteiger partial charge is 0.378 e. The van der Waals surface area contributed by atoms with Gasteiger partial charge in [0, 0.05) is 49.3 Å². The zero-order chi connectivity index (χ0) is 24.7. The van der Waals surface area contributed by atoms with E-state index in [1.165, 1.54) is 5.56 Å². The van der Waals surface area contributed by atoms with Gasteiger partial charge in [0.1, 0.15) is 5.82 Å². The number of thiocarbonyl (C=S) groups is 1. The van der Waals surface area contributed by atoms with E-state index in [9.17, 15) is 0 Å². The fourth-order valence-electron chi connectivity index (χ4n) is 4.89. The van der Waals surface area contributed by atoms with Gasteiger partial charge >= 0.3 is 0 Å². The second kappa shape index (κ2) is 9.15. The first kappa shape index (κ1) is 23.1. The first-order valence-corrected chi connectivity index (χ1v) is 12.2. The van der Waals surface area contributed by atoms with Gasteiger partial charge in [-0.3, -0.25) is 4.98 Å². The third-order valence-electron chi connectivity index (χ3n) is 6.66. The molecule has 35 heavy (non-hydrogen) atoms. The predicted octanol–water partition coefficient (Wildman–Crippen LogP) is 5.44. The van der Waals surface area contributed by atoms with Gasteiger partial charge in [-0.25, -0.2) is 4.98 Å². The van der Waals surface area contributed by atoms with Crippen LogP contribution in [-0.4, -0.2) is 33.7 Å². The number of pyridine rings is 2. The van der Waals surface area contributed by atoms with E-state index in [1.54, 1.807) is 0 Å². The predicted molar refractivity (Wildman–Crippen MR) is 146 cm³/mol. The lowest BCUT2D eigenvalue weighted by Crippen LogP contribution is -2.29. The average Bonchev–Trinajstić information content (AvgIpc) is 3.35. The van der Waals surface area contributed by atoms with Crippen molar-refractivity contribution < 1.29 is 0 Å². The van der Waals surface area contributed by atoms with E-state index in [-0.39, 0.29) is 12.1 Å². The lowest BCUT2D eigenvalue weighted by Gasteiger charge is -2.28. The zero-order valence-corrected chi connectivity index (χ0v) is 21.5. The molecule has 6 nitrogen and oxygen atoms in total.